The van der Waals surface area contributed by atoms with Crippen LogP contribution in [-0.2, 0) is 0 Å². The highest BCUT2D eigenvalue weighted by molar-refractivity contribution is 5.33. The standard InChI is InChI=1S/C14H12F2O/c1-9-8-10(6-7-12(9)15)14(17)11-4-2-3-5-13(11)16/h2-8,14,17H,1H3. The Bertz CT molecular complexity index is 537. The zero-order valence-electron chi connectivity index (χ0n) is 9.32. The number of benzene rings is 2. The van der Waals surface area contributed by atoms with Gasteiger partial charge in [0.05, 0.1) is 0 Å². The van der Waals surface area contributed by atoms with Crippen LogP contribution in [0.25, 0.3) is 0 Å². The molecule has 1 N–H and O–H groups in total. The van der Waals surface area contributed by atoms with Crippen LogP contribution in [0.2, 0.25) is 0 Å². The van der Waals surface area contributed by atoms with Crippen LogP contribution in [-0.4, -0.2) is 5.11 Å². The Morgan fingerprint density at radius 2 is 1.71 bits per heavy atom. The average molecular weight is 234 g/mol. The van der Waals surface area contributed by atoms with E-state index in [0.29, 0.717) is 11.1 Å². The molecule has 0 heterocycles. The molecule has 17 heavy (non-hydrogen) atoms. The first kappa shape index (κ1) is 11.7. The van der Waals surface area contributed by atoms with E-state index in [4.69, 9.17) is 0 Å². The van der Waals surface area contributed by atoms with E-state index in [-0.39, 0.29) is 11.4 Å². The number of aliphatic hydroxyl groups is 1. The Morgan fingerprint density at radius 1 is 1.00 bits per heavy atom. The fourth-order valence-electron chi connectivity index (χ4n) is 1.71. The van der Waals surface area contributed by atoms with Crippen molar-refractivity contribution in [2.45, 2.75) is 13.0 Å². The maximum absolute atomic E-state index is 13.5. The van der Waals surface area contributed by atoms with E-state index in [9.17, 15) is 13.9 Å². The van der Waals surface area contributed by atoms with E-state index in [1.807, 2.05) is 0 Å². The van der Waals surface area contributed by atoms with Gasteiger partial charge in [0.25, 0.3) is 0 Å². The van der Waals surface area contributed by atoms with E-state index in [2.05, 4.69) is 0 Å². The van der Waals surface area contributed by atoms with Gasteiger partial charge in [-0.1, -0.05) is 30.3 Å². The van der Waals surface area contributed by atoms with Crippen molar-refractivity contribution in [2.24, 2.45) is 0 Å². The monoisotopic (exact) mass is 234 g/mol. The van der Waals surface area contributed by atoms with Gasteiger partial charge in [0.15, 0.2) is 0 Å². The Morgan fingerprint density at radius 3 is 2.35 bits per heavy atom. The lowest BCUT2D eigenvalue weighted by molar-refractivity contribution is 0.215. The van der Waals surface area contributed by atoms with Crippen LogP contribution in [0.15, 0.2) is 42.5 Å². The highest BCUT2D eigenvalue weighted by atomic mass is 19.1. The van der Waals surface area contributed by atoms with Gasteiger partial charge in [0.2, 0.25) is 0 Å². The molecule has 0 aliphatic carbocycles. The molecule has 0 saturated heterocycles. The lowest BCUT2D eigenvalue weighted by atomic mass is 9.99. The van der Waals surface area contributed by atoms with Crippen molar-refractivity contribution in [2.75, 3.05) is 0 Å². The molecule has 0 radical (unpaired) electrons. The first-order chi connectivity index (χ1) is 8.09. The fourth-order valence-corrected chi connectivity index (χ4v) is 1.71. The molecule has 2 aromatic carbocycles. The van der Waals surface area contributed by atoms with Crippen molar-refractivity contribution in [1.29, 1.82) is 0 Å². The number of halogens is 2. The van der Waals surface area contributed by atoms with Crippen molar-refractivity contribution in [3.05, 3.63) is 70.8 Å². The molecule has 0 bridgehead atoms. The number of aryl methyl sites for hydroxylation is 1. The van der Waals surface area contributed by atoms with Crippen molar-refractivity contribution in [3.63, 3.8) is 0 Å². The van der Waals surface area contributed by atoms with Crippen molar-refractivity contribution in [3.8, 4) is 0 Å². The summed E-state index contributed by atoms with van der Waals surface area (Å²) in [5.74, 6) is -0.809. The van der Waals surface area contributed by atoms with Gasteiger partial charge in [-0.15, -0.1) is 0 Å². The van der Waals surface area contributed by atoms with Crippen LogP contribution < -0.4 is 0 Å². The molecule has 0 aliphatic heterocycles. The maximum atomic E-state index is 13.5. The summed E-state index contributed by atoms with van der Waals surface area (Å²) in [6.45, 7) is 1.60. The quantitative estimate of drug-likeness (QED) is 0.844. The summed E-state index contributed by atoms with van der Waals surface area (Å²) in [5.41, 5.74) is 1.10. The van der Waals surface area contributed by atoms with Gasteiger partial charge in [0.1, 0.15) is 17.7 Å². The average Bonchev–Trinajstić information content (AvgIpc) is 2.32. The third kappa shape index (κ3) is 2.34. The van der Waals surface area contributed by atoms with Crippen LogP contribution in [0.5, 0.6) is 0 Å². The van der Waals surface area contributed by atoms with Gasteiger partial charge in [-0.05, 0) is 30.2 Å². The summed E-state index contributed by atoms with van der Waals surface area (Å²) in [5, 5.41) is 10.0. The minimum atomic E-state index is -1.07. The van der Waals surface area contributed by atoms with E-state index in [0.717, 1.165) is 0 Å². The van der Waals surface area contributed by atoms with Gasteiger partial charge in [-0.2, -0.15) is 0 Å². The zero-order chi connectivity index (χ0) is 12.4. The summed E-state index contributed by atoms with van der Waals surface area (Å²) in [6, 6.07) is 10.3. The normalized spacial score (nSPS) is 12.5. The Labute approximate surface area is 98.3 Å². The van der Waals surface area contributed by atoms with Crippen LogP contribution in [0.4, 0.5) is 8.78 Å². The molecule has 0 aliphatic rings. The molecule has 2 aromatic rings. The van der Waals surface area contributed by atoms with Crippen LogP contribution in [0, 0.1) is 18.6 Å². The molecule has 3 heteroatoms. The summed E-state index contributed by atoms with van der Waals surface area (Å²) >= 11 is 0. The number of hydrogen-bond donors (Lipinski definition) is 1. The molecule has 0 aromatic heterocycles. The molecule has 0 amide bonds. The van der Waals surface area contributed by atoms with Crippen LogP contribution in [0.3, 0.4) is 0 Å². The van der Waals surface area contributed by atoms with Crippen LogP contribution >= 0.6 is 0 Å². The molecular formula is C14H12F2O. The van der Waals surface area contributed by atoms with Crippen molar-refractivity contribution < 1.29 is 13.9 Å². The third-order valence-corrected chi connectivity index (χ3v) is 2.70. The van der Waals surface area contributed by atoms with Gasteiger partial charge < -0.3 is 5.11 Å². The largest absolute Gasteiger partial charge is 0.384 e. The summed E-state index contributed by atoms with van der Waals surface area (Å²) < 4.78 is 26.6. The first-order valence-corrected chi connectivity index (χ1v) is 5.28. The predicted octanol–water partition coefficient (Wildman–Crippen LogP) is 3.35. The smallest absolute Gasteiger partial charge is 0.129 e. The predicted molar refractivity (Wildman–Crippen MR) is 61.6 cm³/mol. The molecule has 0 fully saturated rings. The number of rotatable bonds is 2. The Hall–Kier alpha value is -1.74. The molecular weight excluding hydrogens is 222 g/mol. The molecule has 2 rings (SSSR count). The maximum Gasteiger partial charge on any atom is 0.129 e. The molecule has 0 saturated carbocycles. The summed E-state index contributed by atoms with van der Waals surface area (Å²) in [7, 11) is 0. The van der Waals surface area contributed by atoms with E-state index in [1.54, 1.807) is 19.1 Å². The topological polar surface area (TPSA) is 20.2 Å². The Balaban J connectivity index is 2.40. The van der Waals surface area contributed by atoms with Crippen molar-refractivity contribution in [1.82, 2.24) is 0 Å². The zero-order valence-corrected chi connectivity index (χ0v) is 9.32. The van der Waals surface area contributed by atoms with E-state index < -0.39 is 11.9 Å². The fraction of sp³-hybridized carbons (Fsp3) is 0.143. The third-order valence-electron chi connectivity index (χ3n) is 2.70. The minimum absolute atomic E-state index is 0.193. The molecule has 1 unspecified atom stereocenters. The number of aliphatic hydroxyl groups excluding tert-OH is 1. The SMILES string of the molecule is Cc1cc(C(O)c2ccccc2F)ccc1F. The summed E-state index contributed by atoms with van der Waals surface area (Å²) in [4.78, 5) is 0. The van der Waals surface area contributed by atoms with Gasteiger partial charge in [-0.25, -0.2) is 8.78 Å². The van der Waals surface area contributed by atoms with E-state index >= 15 is 0 Å². The lowest BCUT2D eigenvalue weighted by Gasteiger charge is -2.13. The van der Waals surface area contributed by atoms with Gasteiger partial charge in [-0.3, -0.25) is 0 Å². The molecule has 88 valence electrons. The van der Waals surface area contributed by atoms with Crippen LogP contribution in [0.1, 0.15) is 22.8 Å². The lowest BCUT2D eigenvalue weighted by Crippen LogP contribution is -2.03. The number of hydrogen-bond acceptors (Lipinski definition) is 1. The second-order valence-electron chi connectivity index (χ2n) is 3.93. The highest BCUT2D eigenvalue weighted by Crippen LogP contribution is 2.25. The first-order valence-electron chi connectivity index (χ1n) is 5.28. The van der Waals surface area contributed by atoms with Gasteiger partial charge in [0, 0.05) is 5.56 Å². The molecule has 1 atom stereocenters. The van der Waals surface area contributed by atoms with Crippen molar-refractivity contribution >= 4 is 0 Å². The Kier molecular flexibility index (Phi) is 3.20. The molecule has 0 spiro atoms. The van der Waals surface area contributed by atoms with E-state index in [1.165, 1.54) is 30.3 Å². The second-order valence-corrected chi connectivity index (χ2v) is 3.93. The highest BCUT2D eigenvalue weighted by Gasteiger charge is 2.15. The second kappa shape index (κ2) is 4.63. The van der Waals surface area contributed by atoms with Gasteiger partial charge >= 0.3 is 0 Å². The minimum Gasteiger partial charge on any atom is -0.384 e. The summed E-state index contributed by atoms with van der Waals surface area (Å²) in [6.07, 6.45) is -1.07. The molecule has 1 nitrogen and oxygen atoms in total.